The zero-order valence-electron chi connectivity index (χ0n) is 8.87. The quantitative estimate of drug-likeness (QED) is 0.810. The van der Waals surface area contributed by atoms with Crippen LogP contribution in [-0.4, -0.2) is 16.8 Å². The first-order valence-electron chi connectivity index (χ1n) is 5.26. The molecule has 0 atom stereocenters. The zero-order chi connectivity index (χ0) is 11.8. The largest absolute Gasteiger partial charge is 0.490 e. The van der Waals surface area contributed by atoms with E-state index in [4.69, 9.17) is 4.74 Å². The number of nitrogens with one attached hydrogen (secondary N) is 1. The lowest BCUT2D eigenvalue weighted by molar-refractivity contribution is 0.357. The Morgan fingerprint density at radius 2 is 2.29 bits per heavy atom. The van der Waals surface area contributed by atoms with Gasteiger partial charge >= 0.3 is 0 Å². The fourth-order valence-electron chi connectivity index (χ4n) is 1.94. The van der Waals surface area contributed by atoms with Gasteiger partial charge in [-0.05, 0) is 12.1 Å². The zero-order valence-corrected chi connectivity index (χ0v) is 8.87. The van der Waals surface area contributed by atoms with E-state index in [1.54, 1.807) is 12.1 Å². The number of ether oxygens (including phenoxy) is 1. The fraction of sp³-hybridized carbons (Fsp3) is 0.167. The average molecular weight is 232 g/mol. The normalized spacial score (nSPS) is 13.2. The Hall–Kier alpha value is -2.17. The predicted octanol–water partition coefficient (Wildman–Crippen LogP) is 1.51. The third-order valence-corrected chi connectivity index (χ3v) is 2.73. The molecule has 2 aromatic rings. The van der Waals surface area contributed by atoms with Crippen LogP contribution in [0.15, 0.2) is 29.1 Å². The molecule has 17 heavy (non-hydrogen) atoms. The van der Waals surface area contributed by atoms with Crippen molar-refractivity contribution in [1.29, 1.82) is 0 Å². The molecule has 1 aliphatic heterocycles. The van der Waals surface area contributed by atoms with Gasteiger partial charge in [0.15, 0.2) is 5.75 Å². The summed E-state index contributed by atoms with van der Waals surface area (Å²) in [5.74, 6) is 0.126. The van der Waals surface area contributed by atoms with Crippen LogP contribution in [0.1, 0.15) is 5.56 Å². The van der Waals surface area contributed by atoms with Gasteiger partial charge < -0.3 is 4.74 Å². The van der Waals surface area contributed by atoms with Crippen LogP contribution >= 0.6 is 0 Å². The average Bonchev–Trinajstić information content (AvgIpc) is 2.79. The highest BCUT2D eigenvalue weighted by Gasteiger charge is 2.22. The molecule has 0 amide bonds. The number of hydrogen-bond donors (Lipinski definition) is 1. The summed E-state index contributed by atoms with van der Waals surface area (Å²) in [6.07, 6.45) is 0.565. The molecule has 0 bridgehead atoms. The number of fused-ring (bicyclic) bond motifs is 1. The van der Waals surface area contributed by atoms with Crippen molar-refractivity contribution in [2.75, 3.05) is 6.61 Å². The minimum Gasteiger partial charge on any atom is -0.490 e. The first kappa shape index (κ1) is 10.0. The maximum absolute atomic E-state index is 13.1. The summed E-state index contributed by atoms with van der Waals surface area (Å²) < 4.78 is 18.5. The van der Waals surface area contributed by atoms with Crippen LogP contribution in [0, 0.1) is 5.82 Å². The molecule has 4 nitrogen and oxygen atoms in total. The summed E-state index contributed by atoms with van der Waals surface area (Å²) in [5, 5.41) is 6.34. The van der Waals surface area contributed by atoms with Crippen LogP contribution in [0.25, 0.3) is 11.3 Å². The lowest BCUT2D eigenvalue weighted by Gasteiger charge is -2.05. The van der Waals surface area contributed by atoms with Gasteiger partial charge in [0.2, 0.25) is 0 Å². The molecule has 1 aromatic heterocycles. The molecular formula is C12H9FN2O2. The van der Waals surface area contributed by atoms with Crippen LogP contribution in [-0.2, 0) is 6.42 Å². The third kappa shape index (κ3) is 1.60. The minimum absolute atomic E-state index is 0.238. The number of halogens is 1. The summed E-state index contributed by atoms with van der Waals surface area (Å²) >= 11 is 0. The van der Waals surface area contributed by atoms with Gasteiger partial charge in [-0.1, -0.05) is 12.1 Å². The second kappa shape index (κ2) is 3.69. The molecule has 1 aromatic carbocycles. The molecule has 2 heterocycles. The highest BCUT2D eigenvalue weighted by molar-refractivity contribution is 5.68. The number of benzene rings is 1. The lowest BCUT2D eigenvalue weighted by Crippen LogP contribution is -2.13. The standard InChI is InChI=1S/C12H9FN2O2/c13-8-3-1-2-7(6-8)10-11-9(4-5-17-11)12(16)15-14-10/h1-3,6H,4-5H2,(H,15,16). The van der Waals surface area contributed by atoms with E-state index in [-0.39, 0.29) is 11.4 Å². The van der Waals surface area contributed by atoms with E-state index in [9.17, 15) is 9.18 Å². The third-order valence-electron chi connectivity index (χ3n) is 2.73. The fourth-order valence-corrected chi connectivity index (χ4v) is 1.94. The molecule has 3 rings (SSSR count). The molecule has 0 saturated heterocycles. The van der Waals surface area contributed by atoms with E-state index < -0.39 is 0 Å². The van der Waals surface area contributed by atoms with Gasteiger partial charge in [0, 0.05) is 12.0 Å². The van der Waals surface area contributed by atoms with Gasteiger partial charge in [-0.15, -0.1) is 0 Å². The molecular weight excluding hydrogens is 223 g/mol. The number of hydrogen-bond acceptors (Lipinski definition) is 3. The summed E-state index contributed by atoms with van der Waals surface area (Å²) in [4.78, 5) is 11.5. The van der Waals surface area contributed by atoms with Gasteiger partial charge in [-0.3, -0.25) is 4.79 Å². The Labute approximate surface area is 96.1 Å². The van der Waals surface area contributed by atoms with Crippen LogP contribution in [0.5, 0.6) is 5.75 Å². The lowest BCUT2D eigenvalue weighted by atomic mass is 10.1. The van der Waals surface area contributed by atoms with Crippen molar-refractivity contribution in [2.45, 2.75) is 6.42 Å². The molecule has 0 fully saturated rings. The van der Waals surface area contributed by atoms with Crippen LogP contribution in [0.4, 0.5) is 4.39 Å². The Kier molecular flexibility index (Phi) is 2.18. The molecule has 1 aliphatic rings. The van der Waals surface area contributed by atoms with Crippen molar-refractivity contribution < 1.29 is 9.13 Å². The number of aromatic amines is 1. The van der Waals surface area contributed by atoms with E-state index in [0.29, 0.717) is 35.6 Å². The van der Waals surface area contributed by atoms with Crippen molar-refractivity contribution in [3.05, 3.63) is 46.0 Å². The summed E-state index contributed by atoms with van der Waals surface area (Å²) in [7, 11) is 0. The van der Waals surface area contributed by atoms with Crippen molar-refractivity contribution in [3.8, 4) is 17.0 Å². The van der Waals surface area contributed by atoms with Gasteiger partial charge in [0.05, 0.1) is 12.2 Å². The van der Waals surface area contributed by atoms with Gasteiger partial charge in [0.25, 0.3) is 5.56 Å². The molecule has 0 radical (unpaired) electrons. The molecule has 0 unspecified atom stereocenters. The first-order valence-corrected chi connectivity index (χ1v) is 5.26. The topological polar surface area (TPSA) is 55.0 Å². The Balaban J connectivity index is 2.23. The van der Waals surface area contributed by atoms with Crippen molar-refractivity contribution in [3.63, 3.8) is 0 Å². The van der Waals surface area contributed by atoms with Crippen LogP contribution < -0.4 is 10.3 Å². The van der Waals surface area contributed by atoms with Gasteiger partial charge in [0.1, 0.15) is 11.5 Å². The Morgan fingerprint density at radius 3 is 3.12 bits per heavy atom. The van der Waals surface area contributed by atoms with Crippen molar-refractivity contribution >= 4 is 0 Å². The molecule has 0 aliphatic carbocycles. The summed E-state index contributed by atoms with van der Waals surface area (Å²) in [6, 6.07) is 6.05. The molecule has 1 N–H and O–H groups in total. The minimum atomic E-state index is -0.345. The number of nitrogens with zero attached hydrogens (tertiary/aromatic N) is 1. The van der Waals surface area contributed by atoms with E-state index in [0.717, 1.165) is 0 Å². The van der Waals surface area contributed by atoms with Crippen LogP contribution in [0.3, 0.4) is 0 Å². The number of rotatable bonds is 1. The smallest absolute Gasteiger partial charge is 0.271 e. The molecule has 0 saturated carbocycles. The molecule has 5 heteroatoms. The molecule has 86 valence electrons. The van der Waals surface area contributed by atoms with E-state index in [2.05, 4.69) is 10.2 Å². The summed E-state index contributed by atoms with van der Waals surface area (Å²) in [6.45, 7) is 0.465. The molecule has 0 spiro atoms. The highest BCUT2D eigenvalue weighted by atomic mass is 19.1. The number of aromatic nitrogens is 2. The Morgan fingerprint density at radius 1 is 1.41 bits per heavy atom. The van der Waals surface area contributed by atoms with Gasteiger partial charge in [-0.2, -0.15) is 5.10 Å². The summed E-state index contributed by atoms with van der Waals surface area (Å²) in [5.41, 5.74) is 1.42. The van der Waals surface area contributed by atoms with E-state index in [1.807, 2.05) is 0 Å². The van der Waals surface area contributed by atoms with Gasteiger partial charge in [-0.25, -0.2) is 9.49 Å². The number of H-pyrrole nitrogens is 1. The highest BCUT2D eigenvalue weighted by Crippen LogP contribution is 2.32. The first-order chi connectivity index (χ1) is 8.25. The second-order valence-electron chi connectivity index (χ2n) is 3.82. The monoisotopic (exact) mass is 232 g/mol. The predicted molar refractivity (Wildman–Crippen MR) is 59.5 cm³/mol. The van der Waals surface area contributed by atoms with E-state index >= 15 is 0 Å². The van der Waals surface area contributed by atoms with Crippen LogP contribution in [0.2, 0.25) is 0 Å². The maximum Gasteiger partial charge on any atom is 0.271 e. The van der Waals surface area contributed by atoms with Crippen molar-refractivity contribution in [1.82, 2.24) is 10.2 Å². The second-order valence-corrected chi connectivity index (χ2v) is 3.82. The maximum atomic E-state index is 13.1. The van der Waals surface area contributed by atoms with E-state index in [1.165, 1.54) is 12.1 Å². The van der Waals surface area contributed by atoms with Crippen molar-refractivity contribution in [2.24, 2.45) is 0 Å². The SMILES string of the molecule is O=c1[nH]nc(-c2cccc(F)c2)c2c1CCO2. The Bertz CT molecular complexity index is 637.